The lowest BCUT2D eigenvalue weighted by Crippen LogP contribution is -1.90. The molecule has 1 aromatic carbocycles. The van der Waals surface area contributed by atoms with Crippen LogP contribution in [-0.2, 0) is 22.6 Å². The van der Waals surface area contributed by atoms with Crippen LogP contribution >= 0.6 is 0 Å². The van der Waals surface area contributed by atoms with Crippen molar-refractivity contribution in [2.45, 2.75) is 26.4 Å². The van der Waals surface area contributed by atoms with Gasteiger partial charge in [0.1, 0.15) is 6.61 Å². The van der Waals surface area contributed by atoms with E-state index in [4.69, 9.17) is 0 Å². The SMILES string of the molecule is CCCc1ccc(CO[C]=O)cc1. The zero-order chi connectivity index (χ0) is 9.52. The van der Waals surface area contributed by atoms with E-state index in [1.54, 1.807) is 0 Å². The summed E-state index contributed by atoms with van der Waals surface area (Å²) in [5, 5.41) is 0. The summed E-state index contributed by atoms with van der Waals surface area (Å²) in [5.74, 6) is 0. The van der Waals surface area contributed by atoms with Gasteiger partial charge >= 0.3 is 6.47 Å². The Balaban J connectivity index is 2.53. The second-order valence-corrected chi connectivity index (χ2v) is 2.94. The molecule has 0 saturated carbocycles. The molecule has 1 rings (SSSR count). The van der Waals surface area contributed by atoms with Crippen molar-refractivity contribution in [3.05, 3.63) is 35.4 Å². The van der Waals surface area contributed by atoms with Crippen LogP contribution in [0.15, 0.2) is 24.3 Å². The van der Waals surface area contributed by atoms with Gasteiger partial charge in [-0.15, -0.1) is 0 Å². The number of benzene rings is 1. The van der Waals surface area contributed by atoms with Crippen LogP contribution in [0.2, 0.25) is 0 Å². The van der Waals surface area contributed by atoms with E-state index in [9.17, 15) is 4.79 Å². The van der Waals surface area contributed by atoms with E-state index in [1.165, 1.54) is 12.0 Å². The standard InChI is InChI=1S/C11H13O2/c1-2-3-10-4-6-11(7-5-10)8-13-9-12/h4-7H,2-3,8H2,1H3. The van der Waals surface area contributed by atoms with Crippen LogP contribution in [0.5, 0.6) is 0 Å². The first kappa shape index (κ1) is 9.78. The molecule has 2 heteroatoms. The van der Waals surface area contributed by atoms with Gasteiger partial charge in [0.25, 0.3) is 0 Å². The summed E-state index contributed by atoms with van der Waals surface area (Å²) in [4.78, 5) is 9.80. The molecule has 69 valence electrons. The zero-order valence-electron chi connectivity index (χ0n) is 7.75. The predicted molar refractivity (Wildman–Crippen MR) is 50.9 cm³/mol. The first-order valence-electron chi connectivity index (χ1n) is 4.43. The Hall–Kier alpha value is -1.31. The first-order chi connectivity index (χ1) is 6.36. The fourth-order valence-electron chi connectivity index (χ4n) is 1.20. The molecule has 0 aromatic heterocycles. The van der Waals surface area contributed by atoms with Crippen LogP contribution in [0, 0.1) is 0 Å². The third kappa shape index (κ3) is 3.28. The van der Waals surface area contributed by atoms with E-state index >= 15 is 0 Å². The van der Waals surface area contributed by atoms with E-state index < -0.39 is 0 Å². The summed E-state index contributed by atoms with van der Waals surface area (Å²) >= 11 is 0. The van der Waals surface area contributed by atoms with Crippen molar-refractivity contribution < 1.29 is 9.53 Å². The van der Waals surface area contributed by atoms with E-state index in [0.29, 0.717) is 6.61 Å². The third-order valence-corrected chi connectivity index (χ3v) is 1.86. The average Bonchev–Trinajstić information content (AvgIpc) is 2.17. The van der Waals surface area contributed by atoms with Gasteiger partial charge in [0.15, 0.2) is 0 Å². The zero-order valence-corrected chi connectivity index (χ0v) is 7.75. The number of ether oxygens (including phenoxy) is 1. The van der Waals surface area contributed by atoms with Gasteiger partial charge < -0.3 is 4.74 Å². The molecule has 0 atom stereocenters. The normalized spacial score (nSPS) is 9.62. The smallest absolute Gasteiger partial charge is 0.417 e. The summed E-state index contributed by atoms with van der Waals surface area (Å²) in [6.45, 7) is 3.87. The van der Waals surface area contributed by atoms with Gasteiger partial charge in [0.2, 0.25) is 0 Å². The fraction of sp³-hybridized carbons (Fsp3) is 0.364. The summed E-state index contributed by atoms with van der Waals surface area (Å²) in [6, 6.07) is 8.07. The molecule has 0 heterocycles. The molecule has 13 heavy (non-hydrogen) atoms. The second kappa shape index (κ2) is 5.36. The Bertz CT molecular complexity index is 251. The van der Waals surface area contributed by atoms with Crippen LogP contribution in [-0.4, -0.2) is 6.47 Å². The van der Waals surface area contributed by atoms with Crippen molar-refractivity contribution in [2.24, 2.45) is 0 Å². The number of carbonyl (C=O) groups excluding carboxylic acids is 1. The Morgan fingerprint density at radius 3 is 2.38 bits per heavy atom. The van der Waals surface area contributed by atoms with E-state index in [1.807, 2.05) is 12.1 Å². The molecule has 0 aliphatic carbocycles. The molecule has 2 nitrogen and oxygen atoms in total. The highest BCUT2D eigenvalue weighted by atomic mass is 16.5. The Kier molecular flexibility index (Phi) is 4.03. The molecule has 0 amide bonds. The van der Waals surface area contributed by atoms with Crippen LogP contribution in [0.25, 0.3) is 0 Å². The number of hydrogen-bond donors (Lipinski definition) is 0. The molecule has 0 unspecified atom stereocenters. The molecule has 0 saturated heterocycles. The van der Waals surface area contributed by atoms with Gasteiger partial charge in [-0.05, 0) is 17.5 Å². The molecule has 0 fully saturated rings. The monoisotopic (exact) mass is 177 g/mol. The maximum absolute atomic E-state index is 9.80. The van der Waals surface area contributed by atoms with Gasteiger partial charge in [-0.2, -0.15) is 0 Å². The molecule has 1 aromatic rings. The highest BCUT2D eigenvalue weighted by Crippen LogP contribution is 2.07. The van der Waals surface area contributed by atoms with Crippen LogP contribution in [0.4, 0.5) is 0 Å². The molecule has 1 radical (unpaired) electrons. The van der Waals surface area contributed by atoms with Gasteiger partial charge in [-0.3, -0.25) is 0 Å². The highest BCUT2D eigenvalue weighted by molar-refractivity contribution is 5.38. The molecule has 0 spiro atoms. The molecule has 0 aliphatic rings. The van der Waals surface area contributed by atoms with E-state index in [-0.39, 0.29) is 0 Å². The van der Waals surface area contributed by atoms with Gasteiger partial charge in [0.05, 0.1) is 0 Å². The van der Waals surface area contributed by atoms with Crippen molar-refractivity contribution >= 4 is 6.47 Å². The van der Waals surface area contributed by atoms with Crippen LogP contribution in [0.3, 0.4) is 0 Å². The minimum atomic E-state index is 0.315. The molecular weight excluding hydrogens is 164 g/mol. The molecular formula is C11H13O2. The third-order valence-electron chi connectivity index (χ3n) is 1.86. The van der Waals surface area contributed by atoms with E-state index in [0.717, 1.165) is 18.4 Å². The number of hydrogen-bond acceptors (Lipinski definition) is 2. The lowest BCUT2D eigenvalue weighted by molar-refractivity contribution is 0.267. The Morgan fingerprint density at radius 1 is 1.23 bits per heavy atom. The first-order valence-corrected chi connectivity index (χ1v) is 4.43. The maximum atomic E-state index is 9.80. The minimum absolute atomic E-state index is 0.315. The van der Waals surface area contributed by atoms with Crippen molar-refractivity contribution in [3.8, 4) is 0 Å². The number of rotatable bonds is 5. The van der Waals surface area contributed by atoms with Crippen LogP contribution in [0.1, 0.15) is 24.5 Å². The number of aryl methyl sites for hydroxylation is 1. The van der Waals surface area contributed by atoms with Gasteiger partial charge in [-0.1, -0.05) is 37.6 Å². The summed E-state index contributed by atoms with van der Waals surface area (Å²) in [6.07, 6.45) is 2.25. The minimum Gasteiger partial charge on any atom is -0.452 e. The highest BCUT2D eigenvalue weighted by Gasteiger charge is 1.94. The van der Waals surface area contributed by atoms with Gasteiger partial charge in [0, 0.05) is 0 Å². The summed E-state index contributed by atoms with van der Waals surface area (Å²) in [5.41, 5.74) is 2.32. The second-order valence-electron chi connectivity index (χ2n) is 2.94. The molecule has 0 bridgehead atoms. The maximum Gasteiger partial charge on any atom is 0.417 e. The van der Waals surface area contributed by atoms with Crippen LogP contribution < -0.4 is 0 Å². The van der Waals surface area contributed by atoms with E-state index in [2.05, 4.69) is 23.8 Å². The fourth-order valence-corrected chi connectivity index (χ4v) is 1.20. The summed E-state index contributed by atoms with van der Waals surface area (Å²) in [7, 11) is 0. The quantitative estimate of drug-likeness (QED) is 0.689. The van der Waals surface area contributed by atoms with Crippen molar-refractivity contribution in [1.82, 2.24) is 0 Å². The van der Waals surface area contributed by atoms with Crippen molar-refractivity contribution in [3.63, 3.8) is 0 Å². The predicted octanol–water partition coefficient (Wildman–Crippen LogP) is 2.22. The lowest BCUT2D eigenvalue weighted by atomic mass is 10.1. The van der Waals surface area contributed by atoms with Crippen molar-refractivity contribution in [1.29, 1.82) is 0 Å². The Morgan fingerprint density at radius 2 is 1.85 bits per heavy atom. The molecule has 0 N–H and O–H groups in total. The summed E-state index contributed by atoms with van der Waals surface area (Å²) < 4.78 is 4.51. The Labute approximate surface area is 78.5 Å². The molecule has 0 aliphatic heterocycles. The van der Waals surface area contributed by atoms with Gasteiger partial charge in [-0.25, -0.2) is 4.79 Å². The largest absolute Gasteiger partial charge is 0.452 e. The lowest BCUT2D eigenvalue weighted by Gasteiger charge is -2.01. The van der Waals surface area contributed by atoms with Crippen molar-refractivity contribution in [2.75, 3.05) is 0 Å². The average molecular weight is 177 g/mol. The topological polar surface area (TPSA) is 26.3 Å².